The maximum absolute atomic E-state index is 11.8. The number of rotatable bonds is 8. The maximum atomic E-state index is 11.8. The van der Waals surface area contributed by atoms with Gasteiger partial charge in [-0.2, -0.15) is 0 Å². The van der Waals surface area contributed by atoms with Crippen LogP contribution in [0.2, 0.25) is 0 Å². The number of nitrogens with zero attached hydrogens (tertiary/aromatic N) is 5. The standard InChI is InChI=1S/C15H24N6O2S/c1-6-21-8-11(14(19-21)23-7-2)13-17-18-15(20(13)5)24-9-12(22)16-10(3)4/h8,10H,6-7,9H2,1-5H3,(H,16,22). The number of aromatic nitrogens is 5. The van der Waals surface area contributed by atoms with Crippen LogP contribution in [0.3, 0.4) is 0 Å². The first-order chi connectivity index (χ1) is 11.5. The topological polar surface area (TPSA) is 86.9 Å². The number of amides is 1. The molecular weight excluding hydrogens is 328 g/mol. The second kappa shape index (κ2) is 8.18. The number of carbonyl (C=O) groups excluding carboxylic acids is 1. The predicted octanol–water partition coefficient (Wildman–Crippen LogP) is 1.71. The first kappa shape index (κ1) is 18.3. The molecule has 8 nitrogen and oxygen atoms in total. The molecule has 0 atom stereocenters. The molecule has 0 aliphatic heterocycles. The lowest BCUT2D eigenvalue weighted by Gasteiger charge is -2.07. The third kappa shape index (κ3) is 4.28. The Morgan fingerprint density at radius 3 is 2.75 bits per heavy atom. The zero-order chi connectivity index (χ0) is 17.7. The van der Waals surface area contributed by atoms with E-state index in [0.29, 0.717) is 29.2 Å². The van der Waals surface area contributed by atoms with Crippen molar-refractivity contribution in [2.75, 3.05) is 12.4 Å². The first-order valence-corrected chi connectivity index (χ1v) is 8.96. The van der Waals surface area contributed by atoms with Crippen LogP contribution in [0, 0.1) is 0 Å². The Bertz CT molecular complexity index is 694. The minimum atomic E-state index is -0.0200. The molecular formula is C15H24N6O2S. The van der Waals surface area contributed by atoms with Crippen LogP contribution >= 0.6 is 11.8 Å². The highest BCUT2D eigenvalue weighted by Crippen LogP contribution is 2.29. The zero-order valence-corrected chi connectivity index (χ0v) is 15.6. The SMILES string of the molecule is CCOc1nn(CC)cc1-c1nnc(SCC(=O)NC(C)C)n1C. The van der Waals surface area contributed by atoms with E-state index < -0.39 is 0 Å². The van der Waals surface area contributed by atoms with Crippen LogP contribution in [0.15, 0.2) is 11.4 Å². The van der Waals surface area contributed by atoms with Gasteiger partial charge in [0.15, 0.2) is 11.0 Å². The number of thioether (sulfide) groups is 1. The fourth-order valence-corrected chi connectivity index (χ4v) is 2.85. The molecule has 132 valence electrons. The average molecular weight is 352 g/mol. The van der Waals surface area contributed by atoms with Crippen LogP contribution in [-0.2, 0) is 18.4 Å². The Morgan fingerprint density at radius 2 is 2.12 bits per heavy atom. The van der Waals surface area contributed by atoms with Gasteiger partial charge in [-0.05, 0) is 27.7 Å². The van der Waals surface area contributed by atoms with Crippen molar-refractivity contribution in [3.05, 3.63) is 6.20 Å². The molecule has 0 aromatic carbocycles. The fourth-order valence-electron chi connectivity index (χ4n) is 2.13. The maximum Gasteiger partial charge on any atom is 0.243 e. The van der Waals surface area contributed by atoms with Crippen molar-refractivity contribution in [3.8, 4) is 17.3 Å². The smallest absolute Gasteiger partial charge is 0.243 e. The van der Waals surface area contributed by atoms with Crippen LogP contribution in [0.5, 0.6) is 5.88 Å². The van der Waals surface area contributed by atoms with E-state index in [2.05, 4.69) is 20.6 Å². The number of ether oxygens (including phenoxy) is 1. The average Bonchev–Trinajstić information content (AvgIpc) is 3.08. The summed E-state index contributed by atoms with van der Waals surface area (Å²) in [5.41, 5.74) is 0.798. The van der Waals surface area contributed by atoms with Gasteiger partial charge < -0.3 is 14.6 Å². The first-order valence-electron chi connectivity index (χ1n) is 7.98. The third-order valence-corrected chi connectivity index (χ3v) is 4.21. The van der Waals surface area contributed by atoms with Gasteiger partial charge in [-0.25, -0.2) is 0 Å². The summed E-state index contributed by atoms with van der Waals surface area (Å²) in [4.78, 5) is 11.8. The van der Waals surface area contributed by atoms with Gasteiger partial charge in [-0.3, -0.25) is 9.48 Å². The molecule has 2 aromatic rings. The highest BCUT2D eigenvalue weighted by atomic mass is 32.2. The third-order valence-electron chi connectivity index (χ3n) is 3.19. The minimum absolute atomic E-state index is 0.0200. The molecule has 0 aliphatic rings. The zero-order valence-electron chi connectivity index (χ0n) is 14.7. The summed E-state index contributed by atoms with van der Waals surface area (Å²) in [6.07, 6.45) is 1.90. The van der Waals surface area contributed by atoms with Crippen molar-refractivity contribution in [3.63, 3.8) is 0 Å². The van der Waals surface area contributed by atoms with Crippen LogP contribution in [-0.4, -0.2) is 48.9 Å². The van der Waals surface area contributed by atoms with Gasteiger partial charge in [0.25, 0.3) is 0 Å². The largest absolute Gasteiger partial charge is 0.476 e. The summed E-state index contributed by atoms with van der Waals surface area (Å²) in [5, 5.41) is 16.4. The van der Waals surface area contributed by atoms with Gasteiger partial charge in [0.2, 0.25) is 11.8 Å². The van der Waals surface area contributed by atoms with Gasteiger partial charge in [-0.1, -0.05) is 11.8 Å². The Hall–Kier alpha value is -2.03. The molecule has 0 saturated carbocycles. The predicted molar refractivity (Wildman–Crippen MR) is 93.1 cm³/mol. The number of aryl methyl sites for hydroxylation is 1. The Labute approximate surface area is 146 Å². The molecule has 2 rings (SSSR count). The normalized spacial score (nSPS) is 11.1. The second-order valence-corrected chi connectivity index (χ2v) is 6.46. The van der Waals surface area contributed by atoms with Crippen LogP contribution in [0.25, 0.3) is 11.4 Å². The minimum Gasteiger partial charge on any atom is -0.476 e. The van der Waals surface area contributed by atoms with Gasteiger partial charge in [0.05, 0.1) is 12.4 Å². The fraction of sp³-hybridized carbons (Fsp3) is 0.600. The van der Waals surface area contributed by atoms with Crippen molar-refractivity contribution < 1.29 is 9.53 Å². The summed E-state index contributed by atoms with van der Waals surface area (Å²) in [5.74, 6) is 1.50. The van der Waals surface area contributed by atoms with E-state index >= 15 is 0 Å². The second-order valence-electron chi connectivity index (χ2n) is 5.51. The van der Waals surface area contributed by atoms with Crippen molar-refractivity contribution in [2.45, 2.75) is 45.4 Å². The van der Waals surface area contributed by atoms with Gasteiger partial charge in [-0.15, -0.1) is 15.3 Å². The van der Waals surface area contributed by atoms with E-state index in [-0.39, 0.29) is 11.9 Å². The molecule has 0 fully saturated rings. The van der Waals surface area contributed by atoms with E-state index in [1.807, 2.05) is 45.5 Å². The summed E-state index contributed by atoms with van der Waals surface area (Å²) in [6, 6.07) is 0.127. The number of hydrogen-bond donors (Lipinski definition) is 1. The molecule has 0 unspecified atom stereocenters. The molecule has 2 heterocycles. The molecule has 0 radical (unpaired) electrons. The van der Waals surface area contributed by atoms with Crippen molar-refractivity contribution in [1.29, 1.82) is 0 Å². The van der Waals surface area contributed by atoms with E-state index in [4.69, 9.17) is 4.74 Å². The molecule has 0 saturated heterocycles. The summed E-state index contributed by atoms with van der Waals surface area (Å²) in [7, 11) is 1.87. The highest BCUT2D eigenvalue weighted by Gasteiger charge is 2.19. The van der Waals surface area contributed by atoms with Crippen molar-refractivity contribution in [2.24, 2.45) is 7.05 Å². The summed E-state index contributed by atoms with van der Waals surface area (Å²) < 4.78 is 9.25. The molecule has 1 amide bonds. The van der Waals surface area contributed by atoms with Crippen LogP contribution in [0.4, 0.5) is 0 Å². The highest BCUT2D eigenvalue weighted by molar-refractivity contribution is 7.99. The monoisotopic (exact) mass is 352 g/mol. The summed E-state index contributed by atoms with van der Waals surface area (Å²) >= 11 is 1.35. The molecule has 1 N–H and O–H groups in total. The molecule has 9 heteroatoms. The van der Waals surface area contributed by atoms with Crippen molar-refractivity contribution >= 4 is 17.7 Å². The Kier molecular flexibility index (Phi) is 6.24. The van der Waals surface area contributed by atoms with Gasteiger partial charge in [0, 0.05) is 25.8 Å². The number of carbonyl (C=O) groups is 1. The molecule has 0 spiro atoms. The quantitative estimate of drug-likeness (QED) is 0.728. The Morgan fingerprint density at radius 1 is 1.38 bits per heavy atom. The van der Waals surface area contributed by atoms with Crippen LogP contribution < -0.4 is 10.1 Å². The van der Waals surface area contributed by atoms with E-state index in [1.54, 1.807) is 4.68 Å². The molecule has 0 bridgehead atoms. The number of nitrogens with one attached hydrogen (secondary N) is 1. The van der Waals surface area contributed by atoms with Crippen LogP contribution in [0.1, 0.15) is 27.7 Å². The van der Waals surface area contributed by atoms with E-state index in [1.165, 1.54) is 11.8 Å². The summed E-state index contributed by atoms with van der Waals surface area (Å²) in [6.45, 7) is 9.07. The van der Waals surface area contributed by atoms with E-state index in [0.717, 1.165) is 12.1 Å². The van der Waals surface area contributed by atoms with Gasteiger partial charge >= 0.3 is 0 Å². The Balaban J connectivity index is 2.17. The lowest BCUT2D eigenvalue weighted by molar-refractivity contribution is -0.119. The lowest BCUT2D eigenvalue weighted by Crippen LogP contribution is -2.31. The van der Waals surface area contributed by atoms with Crippen molar-refractivity contribution in [1.82, 2.24) is 29.9 Å². The molecule has 2 aromatic heterocycles. The molecule has 0 aliphatic carbocycles. The lowest BCUT2D eigenvalue weighted by atomic mass is 10.3. The van der Waals surface area contributed by atoms with E-state index in [9.17, 15) is 4.79 Å². The molecule has 24 heavy (non-hydrogen) atoms. The number of hydrogen-bond acceptors (Lipinski definition) is 6. The van der Waals surface area contributed by atoms with Gasteiger partial charge in [0.1, 0.15) is 5.56 Å².